The maximum Gasteiger partial charge on any atom is 0.320 e. The second-order valence-corrected chi connectivity index (χ2v) is 7.10. The molecule has 2 aromatic carbocycles. The predicted molar refractivity (Wildman–Crippen MR) is 121 cm³/mol. The molecular formula is C21H16Cl2N6O. The van der Waals surface area contributed by atoms with Crippen LogP contribution in [-0.2, 0) is 0 Å². The van der Waals surface area contributed by atoms with Crippen molar-refractivity contribution >= 4 is 52.0 Å². The highest BCUT2D eigenvalue weighted by Gasteiger charge is 2.14. The highest BCUT2D eigenvalue weighted by atomic mass is 35.5. The van der Waals surface area contributed by atoms with Crippen LogP contribution < -0.4 is 16.4 Å². The molecule has 0 fully saturated rings. The third-order valence-electron chi connectivity index (χ3n) is 4.19. The van der Waals surface area contributed by atoms with Gasteiger partial charge in [0, 0.05) is 23.0 Å². The van der Waals surface area contributed by atoms with Crippen LogP contribution in [0.15, 0.2) is 71.9 Å². The van der Waals surface area contributed by atoms with E-state index >= 15 is 0 Å². The van der Waals surface area contributed by atoms with Gasteiger partial charge in [0.2, 0.25) is 5.89 Å². The van der Waals surface area contributed by atoms with Crippen LogP contribution in [0.3, 0.4) is 0 Å². The van der Waals surface area contributed by atoms with Crippen LogP contribution in [0.25, 0.3) is 17.2 Å². The molecule has 7 nitrogen and oxygen atoms in total. The van der Waals surface area contributed by atoms with Crippen molar-refractivity contribution in [3.63, 3.8) is 0 Å². The lowest BCUT2D eigenvalue weighted by Crippen LogP contribution is -2.02. The van der Waals surface area contributed by atoms with Gasteiger partial charge >= 0.3 is 6.01 Å². The number of pyridine rings is 1. The first kappa shape index (κ1) is 19.8. The number of hydrogen-bond donors (Lipinski definition) is 3. The molecule has 150 valence electrons. The summed E-state index contributed by atoms with van der Waals surface area (Å²) >= 11 is 12.5. The van der Waals surface area contributed by atoms with Crippen molar-refractivity contribution in [3.05, 3.63) is 83.1 Å². The Morgan fingerprint density at radius 2 is 1.83 bits per heavy atom. The Labute approximate surface area is 182 Å². The third kappa shape index (κ3) is 4.22. The number of nitrogens with one attached hydrogen (secondary N) is 2. The molecule has 0 aliphatic carbocycles. The Morgan fingerprint density at radius 3 is 2.57 bits per heavy atom. The van der Waals surface area contributed by atoms with Gasteiger partial charge < -0.3 is 20.8 Å². The highest BCUT2D eigenvalue weighted by molar-refractivity contribution is 6.37. The Kier molecular flexibility index (Phi) is 5.56. The lowest BCUT2D eigenvalue weighted by molar-refractivity contribution is 0.587. The van der Waals surface area contributed by atoms with Gasteiger partial charge in [-0.15, -0.1) is 5.10 Å². The van der Waals surface area contributed by atoms with Crippen molar-refractivity contribution in [2.24, 2.45) is 0 Å². The molecule has 0 atom stereocenters. The van der Waals surface area contributed by atoms with Crippen LogP contribution >= 0.6 is 23.2 Å². The standard InChI is InChI=1S/C21H16Cl2N6O/c1-12(19-15(22)5-2-6-16(19)23)26-18-10-13(7-8-17(18)24)20-28-29-21(30-20)27-14-4-3-9-25-11-14/h2-11,26H,1,24H2,(H,27,29). The van der Waals surface area contributed by atoms with Gasteiger partial charge in [-0.2, -0.15) is 0 Å². The molecule has 0 aliphatic rings. The van der Waals surface area contributed by atoms with Crippen molar-refractivity contribution in [2.45, 2.75) is 0 Å². The summed E-state index contributed by atoms with van der Waals surface area (Å²) in [6.07, 6.45) is 3.33. The molecular weight excluding hydrogens is 423 g/mol. The van der Waals surface area contributed by atoms with Gasteiger partial charge in [-0.1, -0.05) is 40.9 Å². The Bertz CT molecular complexity index is 1190. The third-order valence-corrected chi connectivity index (χ3v) is 4.82. The molecule has 0 amide bonds. The van der Waals surface area contributed by atoms with Crippen LogP contribution in [0.5, 0.6) is 0 Å². The van der Waals surface area contributed by atoms with Crippen molar-refractivity contribution in [1.82, 2.24) is 15.2 Å². The monoisotopic (exact) mass is 438 g/mol. The molecule has 0 aliphatic heterocycles. The average Bonchev–Trinajstić information content (AvgIpc) is 3.19. The zero-order chi connectivity index (χ0) is 21.1. The Hall–Kier alpha value is -3.55. The van der Waals surface area contributed by atoms with Gasteiger partial charge in [-0.3, -0.25) is 4.98 Å². The number of benzene rings is 2. The molecule has 0 unspecified atom stereocenters. The molecule has 0 saturated carbocycles. The largest absolute Gasteiger partial charge is 0.403 e. The van der Waals surface area contributed by atoms with Gasteiger partial charge in [0.15, 0.2) is 0 Å². The first-order valence-electron chi connectivity index (χ1n) is 8.82. The normalized spacial score (nSPS) is 10.6. The van der Waals surface area contributed by atoms with Gasteiger partial charge in [0.1, 0.15) is 0 Å². The number of nitrogens with two attached hydrogens (primary N) is 1. The van der Waals surface area contributed by atoms with Crippen LogP contribution in [0.2, 0.25) is 10.0 Å². The fourth-order valence-corrected chi connectivity index (χ4v) is 3.38. The SMILES string of the molecule is C=C(Nc1cc(-c2nnc(Nc3cccnc3)o2)ccc1N)c1c(Cl)cccc1Cl. The minimum absolute atomic E-state index is 0.247. The Morgan fingerprint density at radius 1 is 1.03 bits per heavy atom. The second-order valence-electron chi connectivity index (χ2n) is 6.28. The molecule has 2 heterocycles. The lowest BCUT2D eigenvalue weighted by atomic mass is 10.1. The summed E-state index contributed by atoms with van der Waals surface area (Å²) in [4.78, 5) is 4.03. The summed E-state index contributed by atoms with van der Waals surface area (Å²) in [5.74, 6) is 0.325. The van der Waals surface area contributed by atoms with E-state index in [4.69, 9.17) is 33.4 Å². The number of anilines is 4. The highest BCUT2D eigenvalue weighted by Crippen LogP contribution is 2.34. The fourth-order valence-electron chi connectivity index (χ4n) is 2.76. The maximum atomic E-state index is 6.27. The summed E-state index contributed by atoms with van der Waals surface area (Å²) in [6.45, 7) is 4.03. The van der Waals surface area contributed by atoms with E-state index in [-0.39, 0.29) is 6.01 Å². The summed E-state index contributed by atoms with van der Waals surface area (Å²) < 4.78 is 5.70. The minimum Gasteiger partial charge on any atom is -0.403 e. The van der Waals surface area contributed by atoms with Crippen molar-refractivity contribution < 1.29 is 4.42 Å². The van der Waals surface area contributed by atoms with Gasteiger partial charge in [-0.25, -0.2) is 0 Å². The van der Waals surface area contributed by atoms with E-state index in [0.29, 0.717) is 44.1 Å². The average molecular weight is 439 g/mol. The van der Waals surface area contributed by atoms with Crippen LogP contribution in [0.4, 0.5) is 23.1 Å². The van der Waals surface area contributed by atoms with Crippen molar-refractivity contribution in [1.29, 1.82) is 0 Å². The maximum absolute atomic E-state index is 6.27. The summed E-state index contributed by atoms with van der Waals surface area (Å²) in [5, 5.41) is 15.2. The fraction of sp³-hybridized carbons (Fsp3) is 0. The number of rotatable bonds is 6. The molecule has 4 rings (SSSR count). The number of nitrogen functional groups attached to an aromatic ring is 1. The van der Waals surface area contributed by atoms with Gasteiger partial charge in [0.25, 0.3) is 0 Å². The molecule has 0 saturated heterocycles. The topological polar surface area (TPSA) is 102 Å². The van der Waals surface area contributed by atoms with Crippen LogP contribution in [0, 0.1) is 0 Å². The van der Waals surface area contributed by atoms with E-state index < -0.39 is 0 Å². The molecule has 0 spiro atoms. The first-order chi connectivity index (χ1) is 14.5. The molecule has 0 radical (unpaired) electrons. The zero-order valence-electron chi connectivity index (χ0n) is 15.6. The predicted octanol–water partition coefficient (Wildman–Crippen LogP) is 5.85. The van der Waals surface area contributed by atoms with Crippen LogP contribution in [-0.4, -0.2) is 15.2 Å². The van der Waals surface area contributed by atoms with E-state index in [9.17, 15) is 0 Å². The molecule has 0 bridgehead atoms. The zero-order valence-corrected chi connectivity index (χ0v) is 17.1. The number of aromatic nitrogens is 3. The molecule has 4 aromatic rings. The number of nitrogens with zero attached hydrogens (tertiary/aromatic N) is 3. The van der Waals surface area contributed by atoms with Crippen LogP contribution in [0.1, 0.15) is 5.56 Å². The Balaban J connectivity index is 1.57. The van der Waals surface area contributed by atoms with Crippen molar-refractivity contribution in [2.75, 3.05) is 16.4 Å². The van der Waals surface area contributed by atoms with E-state index in [2.05, 4.69) is 32.4 Å². The van der Waals surface area contributed by atoms with Crippen molar-refractivity contribution in [3.8, 4) is 11.5 Å². The quantitative estimate of drug-likeness (QED) is 0.324. The first-order valence-corrected chi connectivity index (χ1v) is 9.57. The number of hydrogen-bond acceptors (Lipinski definition) is 7. The van der Waals surface area contributed by atoms with E-state index in [0.717, 1.165) is 5.69 Å². The molecule has 30 heavy (non-hydrogen) atoms. The summed E-state index contributed by atoms with van der Waals surface area (Å²) in [6, 6.07) is 14.4. The number of halogens is 2. The lowest BCUT2D eigenvalue weighted by Gasteiger charge is -2.15. The molecule has 9 heteroatoms. The summed E-state index contributed by atoms with van der Waals surface area (Å²) in [5.41, 5.74) is 9.77. The molecule has 4 N–H and O–H groups in total. The van der Waals surface area contributed by atoms with E-state index in [1.165, 1.54) is 0 Å². The smallest absolute Gasteiger partial charge is 0.320 e. The van der Waals surface area contributed by atoms with E-state index in [1.54, 1.807) is 54.9 Å². The van der Waals surface area contributed by atoms with Gasteiger partial charge in [-0.05, 0) is 42.5 Å². The van der Waals surface area contributed by atoms with E-state index in [1.807, 2.05) is 6.07 Å². The summed E-state index contributed by atoms with van der Waals surface area (Å²) in [7, 11) is 0. The second kappa shape index (κ2) is 8.44. The minimum atomic E-state index is 0.247. The van der Waals surface area contributed by atoms with Gasteiger partial charge in [0.05, 0.1) is 33.3 Å². The molecule has 2 aromatic heterocycles.